The van der Waals surface area contributed by atoms with E-state index in [0.717, 1.165) is 41.0 Å². The van der Waals surface area contributed by atoms with Crippen molar-refractivity contribution in [1.82, 2.24) is 14.8 Å². The van der Waals surface area contributed by atoms with Crippen molar-refractivity contribution in [1.29, 1.82) is 0 Å². The van der Waals surface area contributed by atoms with E-state index in [1.165, 1.54) is 0 Å². The van der Waals surface area contributed by atoms with Gasteiger partial charge in [0.05, 0.1) is 16.7 Å². The van der Waals surface area contributed by atoms with Crippen LogP contribution in [0.5, 0.6) is 11.5 Å². The molecule has 206 valence electrons. The first-order valence-electron chi connectivity index (χ1n) is 13.1. The molecule has 1 aromatic heterocycles. The summed E-state index contributed by atoms with van der Waals surface area (Å²) in [5.74, 6) is 2.90. The number of nitrogens with one attached hydrogen (secondary N) is 1. The molecule has 0 bridgehead atoms. The number of allylic oxidation sites excluding steroid dienone is 2. The minimum Gasteiger partial charge on any atom is -0.490 e. The number of carbonyl (C=O) groups excluding carboxylic acids is 1. The molecule has 1 N–H and O–H groups in total. The van der Waals surface area contributed by atoms with Crippen LogP contribution in [0.25, 0.3) is 0 Å². The average molecular weight is 588 g/mol. The first-order valence-corrected chi connectivity index (χ1v) is 14.9. The van der Waals surface area contributed by atoms with Gasteiger partial charge in [0.15, 0.2) is 17.3 Å². The standard InChI is InChI=1S/C29H32Cl2N4O3S/c1-5-11-39-28-33-27-32-21-14-29(3,4)15-22(36)25(21)26(35(27)34-28)18-8-10-23(24(13-18)37-6-2)38-16-17-7-9-19(30)20(31)12-17/h7-10,12-13,26H,5-6,11,14-16H2,1-4H3,(H,32,33,34). The molecule has 0 spiro atoms. The number of anilines is 1. The fourth-order valence-corrected chi connectivity index (χ4v) is 6.03. The van der Waals surface area contributed by atoms with Gasteiger partial charge in [-0.25, -0.2) is 4.68 Å². The van der Waals surface area contributed by atoms with E-state index in [-0.39, 0.29) is 11.2 Å². The van der Waals surface area contributed by atoms with Gasteiger partial charge in [0, 0.05) is 23.4 Å². The summed E-state index contributed by atoms with van der Waals surface area (Å²) < 4.78 is 14.0. The molecule has 1 atom stereocenters. The molecule has 39 heavy (non-hydrogen) atoms. The summed E-state index contributed by atoms with van der Waals surface area (Å²) in [6.07, 6.45) is 2.26. The lowest BCUT2D eigenvalue weighted by Gasteiger charge is -2.38. The number of ketones is 1. The molecule has 10 heteroatoms. The fourth-order valence-electron chi connectivity index (χ4n) is 5.02. The monoisotopic (exact) mass is 586 g/mol. The Morgan fingerprint density at radius 3 is 2.64 bits per heavy atom. The van der Waals surface area contributed by atoms with Gasteiger partial charge in [0.25, 0.3) is 0 Å². The first kappa shape index (κ1) is 27.9. The molecular weight excluding hydrogens is 555 g/mol. The molecule has 0 radical (unpaired) electrons. The number of carbonyl (C=O) groups is 1. The van der Waals surface area contributed by atoms with Crippen LogP contribution in [0.3, 0.4) is 0 Å². The van der Waals surface area contributed by atoms with E-state index in [9.17, 15) is 4.79 Å². The van der Waals surface area contributed by atoms with Crippen molar-refractivity contribution < 1.29 is 14.3 Å². The molecule has 1 unspecified atom stereocenters. The van der Waals surface area contributed by atoms with Crippen LogP contribution >= 0.6 is 35.0 Å². The lowest BCUT2D eigenvalue weighted by atomic mass is 9.73. The molecule has 2 aliphatic rings. The summed E-state index contributed by atoms with van der Waals surface area (Å²) in [5.41, 5.74) is 3.31. The number of rotatable bonds is 9. The van der Waals surface area contributed by atoms with Gasteiger partial charge in [-0.3, -0.25) is 4.79 Å². The zero-order chi connectivity index (χ0) is 27.7. The van der Waals surface area contributed by atoms with Gasteiger partial charge in [-0.15, -0.1) is 5.10 Å². The van der Waals surface area contributed by atoms with Crippen molar-refractivity contribution in [2.24, 2.45) is 5.41 Å². The first-order chi connectivity index (χ1) is 18.7. The van der Waals surface area contributed by atoms with Crippen LogP contribution in [0, 0.1) is 5.41 Å². The van der Waals surface area contributed by atoms with E-state index in [2.05, 4.69) is 26.1 Å². The van der Waals surface area contributed by atoms with Crippen LogP contribution in [0.4, 0.5) is 5.95 Å². The van der Waals surface area contributed by atoms with E-state index in [1.807, 2.05) is 35.9 Å². The molecule has 0 fully saturated rings. The highest BCUT2D eigenvalue weighted by molar-refractivity contribution is 7.99. The second-order valence-electron chi connectivity index (χ2n) is 10.5. The Balaban J connectivity index is 1.52. The van der Waals surface area contributed by atoms with Crippen molar-refractivity contribution in [3.63, 3.8) is 0 Å². The van der Waals surface area contributed by atoms with E-state index in [0.29, 0.717) is 52.3 Å². The van der Waals surface area contributed by atoms with Crippen molar-refractivity contribution in [2.75, 3.05) is 17.7 Å². The summed E-state index contributed by atoms with van der Waals surface area (Å²) in [4.78, 5) is 18.3. The number of nitrogens with zero attached hydrogens (tertiary/aromatic N) is 3. The molecular formula is C29H32Cl2N4O3S. The maximum Gasteiger partial charge on any atom is 0.227 e. The third-order valence-corrected chi connectivity index (χ3v) is 8.49. The summed E-state index contributed by atoms with van der Waals surface area (Å²) in [5, 5.41) is 9.94. The maximum absolute atomic E-state index is 13.6. The molecule has 1 aliphatic heterocycles. The number of hydrogen-bond acceptors (Lipinski definition) is 7. The quantitative estimate of drug-likeness (QED) is 0.257. The van der Waals surface area contributed by atoms with Crippen molar-refractivity contribution in [3.8, 4) is 11.5 Å². The minimum atomic E-state index is -0.411. The summed E-state index contributed by atoms with van der Waals surface area (Å²) in [6, 6.07) is 10.8. The zero-order valence-corrected chi connectivity index (χ0v) is 24.8. The van der Waals surface area contributed by atoms with Crippen LogP contribution in [0.2, 0.25) is 10.0 Å². The van der Waals surface area contributed by atoms with E-state index < -0.39 is 6.04 Å². The summed E-state index contributed by atoms with van der Waals surface area (Å²) in [7, 11) is 0. The molecule has 0 saturated heterocycles. The second-order valence-corrected chi connectivity index (χ2v) is 12.4. The molecule has 5 rings (SSSR count). The van der Waals surface area contributed by atoms with Gasteiger partial charge in [0.1, 0.15) is 12.6 Å². The Kier molecular flexibility index (Phi) is 8.17. The van der Waals surface area contributed by atoms with Gasteiger partial charge in [-0.1, -0.05) is 67.9 Å². The highest BCUT2D eigenvalue weighted by atomic mass is 35.5. The largest absolute Gasteiger partial charge is 0.490 e. The van der Waals surface area contributed by atoms with Crippen LogP contribution in [0.15, 0.2) is 52.8 Å². The van der Waals surface area contributed by atoms with Crippen LogP contribution in [-0.4, -0.2) is 32.9 Å². The van der Waals surface area contributed by atoms with Crippen LogP contribution in [-0.2, 0) is 11.4 Å². The van der Waals surface area contributed by atoms with E-state index in [4.69, 9.17) is 42.8 Å². The maximum atomic E-state index is 13.6. The number of hydrogen-bond donors (Lipinski definition) is 1. The normalized spacial score (nSPS) is 17.9. The number of halogens is 2. The summed E-state index contributed by atoms with van der Waals surface area (Å²) >= 11 is 13.8. The molecule has 7 nitrogen and oxygen atoms in total. The Bertz CT molecular complexity index is 1440. The molecule has 2 heterocycles. The SMILES string of the molecule is CCCSc1nc2n(n1)C(c1ccc(OCc3ccc(Cl)c(Cl)c3)c(OCC)c1)C1=C(CC(C)(C)CC1=O)N2. The lowest BCUT2D eigenvalue weighted by molar-refractivity contribution is -0.118. The molecule has 1 aliphatic carbocycles. The molecule has 0 saturated carbocycles. The highest BCUT2D eigenvalue weighted by Gasteiger charge is 2.42. The van der Waals surface area contributed by atoms with E-state index >= 15 is 0 Å². The van der Waals surface area contributed by atoms with Crippen LogP contribution < -0.4 is 14.8 Å². The lowest BCUT2D eigenvalue weighted by Crippen LogP contribution is -2.36. The second kappa shape index (κ2) is 11.4. The predicted molar refractivity (Wildman–Crippen MR) is 156 cm³/mol. The molecule has 0 amide bonds. The number of fused-ring (bicyclic) bond motifs is 1. The Hall–Kier alpha value is -2.68. The third kappa shape index (κ3) is 5.93. The van der Waals surface area contributed by atoms with E-state index in [1.54, 1.807) is 23.9 Å². The zero-order valence-electron chi connectivity index (χ0n) is 22.5. The molecule has 3 aromatic rings. The fraction of sp³-hybridized carbons (Fsp3) is 0.414. The van der Waals surface area contributed by atoms with Crippen molar-refractivity contribution in [2.45, 2.75) is 64.8 Å². The molecule has 2 aromatic carbocycles. The number of benzene rings is 2. The van der Waals surface area contributed by atoms with Gasteiger partial charge < -0.3 is 14.8 Å². The minimum absolute atomic E-state index is 0.126. The third-order valence-electron chi connectivity index (χ3n) is 6.71. The number of aromatic nitrogens is 3. The van der Waals surface area contributed by atoms with Gasteiger partial charge in [0.2, 0.25) is 11.1 Å². The van der Waals surface area contributed by atoms with Gasteiger partial charge in [-0.05, 0) is 60.6 Å². The Morgan fingerprint density at radius 1 is 1.08 bits per heavy atom. The van der Waals surface area contributed by atoms with Crippen molar-refractivity contribution in [3.05, 3.63) is 68.8 Å². The Morgan fingerprint density at radius 2 is 1.90 bits per heavy atom. The van der Waals surface area contributed by atoms with Gasteiger partial charge in [-0.2, -0.15) is 4.98 Å². The van der Waals surface area contributed by atoms with Gasteiger partial charge >= 0.3 is 0 Å². The smallest absolute Gasteiger partial charge is 0.227 e. The van der Waals surface area contributed by atoms with Crippen LogP contribution in [0.1, 0.15) is 64.1 Å². The Labute approximate surface area is 243 Å². The number of ether oxygens (including phenoxy) is 2. The van der Waals surface area contributed by atoms with Crippen molar-refractivity contribution >= 4 is 46.7 Å². The average Bonchev–Trinajstić information content (AvgIpc) is 3.29. The number of Topliss-reactive ketones (excluding diaryl/α,β-unsaturated/α-hetero) is 1. The predicted octanol–water partition coefficient (Wildman–Crippen LogP) is 7.72. The topological polar surface area (TPSA) is 78.3 Å². The highest BCUT2D eigenvalue weighted by Crippen LogP contribution is 2.46. The number of thioether (sulfide) groups is 1. The summed E-state index contributed by atoms with van der Waals surface area (Å²) in [6.45, 7) is 9.08.